The van der Waals surface area contributed by atoms with Gasteiger partial charge in [0.2, 0.25) is 23.4 Å². The lowest BCUT2D eigenvalue weighted by atomic mass is 10.3. The molecule has 1 aromatic carbocycles. The van der Waals surface area contributed by atoms with Gasteiger partial charge >= 0.3 is 0 Å². The van der Waals surface area contributed by atoms with Crippen molar-refractivity contribution in [2.24, 2.45) is 0 Å². The Hall–Kier alpha value is -4.56. The molecule has 0 aliphatic carbocycles. The van der Waals surface area contributed by atoms with Crippen LogP contribution in [0.25, 0.3) is 28.9 Å². The van der Waals surface area contributed by atoms with Crippen molar-refractivity contribution < 1.29 is 13.7 Å². The molecule has 0 fully saturated rings. The summed E-state index contributed by atoms with van der Waals surface area (Å²) >= 11 is 6.42. The molecule has 0 amide bonds. The van der Waals surface area contributed by atoms with Crippen molar-refractivity contribution >= 4 is 11.6 Å². The van der Waals surface area contributed by atoms with Gasteiger partial charge in [0, 0.05) is 23.7 Å². The second kappa shape index (κ2) is 8.52. The number of hydrogen-bond donors (Lipinski definition) is 0. The van der Waals surface area contributed by atoms with E-state index in [4.69, 9.17) is 25.3 Å². The Morgan fingerprint density at radius 1 is 1.03 bits per heavy atom. The Balaban J connectivity index is 1.55. The van der Waals surface area contributed by atoms with Crippen LogP contribution < -0.4 is 4.74 Å². The monoisotopic (exact) mass is 460 g/mol. The number of ether oxygens (including phenoxy) is 1. The van der Waals surface area contributed by atoms with Crippen LogP contribution in [0.1, 0.15) is 17.5 Å². The van der Waals surface area contributed by atoms with E-state index in [-0.39, 0.29) is 23.5 Å². The topological polar surface area (TPSA) is 131 Å². The molecule has 0 bridgehead atoms. The van der Waals surface area contributed by atoms with Gasteiger partial charge in [-0.05, 0) is 31.0 Å². The molecule has 0 spiro atoms. The molecule has 0 saturated carbocycles. The first kappa shape index (κ1) is 20.3. The van der Waals surface area contributed by atoms with Crippen molar-refractivity contribution in [2.45, 2.75) is 6.92 Å². The fourth-order valence-corrected chi connectivity index (χ4v) is 3.13. The Morgan fingerprint density at radius 3 is 2.70 bits per heavy atom. The van der Waals surface area contributed by atoms with E-state index in [2.05, 4.69) is 47.4 Å². The Labute approximate surface area is 191 Å². The Morgan fingerprint density at radius 2 is 1.91 bits per heavy atom. The molecule has 0 aliphatic heterocycles. The van der Waals surface area contributed by atoms with E-state index in [0.29, 0.717) is 33.8 Å². The summed E-state index contributed by atoms with van der Waals surface area (Å²) in [6.07, 6.45) is 1.58. The molecule has 5 rings (SSSR count). The summed E-state index contributed by atoms with van der Waals surface area (Å²) in [5.74, 6) is 7.69. The second-order valence-electron chi connectivity index (χ2n) is 6.53. The zero-order valence-corrected chi connectivity index (χ0v) is 18.0. The minimum atomic E-state index is 0.0877. The van der Waals surface area contributed by atoms with Gasteiger partial charge in [0.1, 0.15) is 0 Å². The van der Waals surface area contributed by atoms with Crippen molar-refractivity contribution in [3.63, 3.8) is 0 Å². The Bertz CT molecular complexity index is 1510. The molecular weight excluding hydrogens is 448 g/mol. The molecule has 33 heavy (non-hydrogen) atoms. The van der Waals surface area contributed by atoms with E-state index in [0.717, 1.165) is 0 Å². The highest BCUT2D eigenvalue weighted by Gasteiger charge is 2.21. The summed E-state index contributed by atoms with van der Waals surface area (Å²) in [7, 11) is 1.52. The van der Waals surface area contributed by atoms with Gasteiger partial charge in [-0.15, -0.1) is 15.3 Å². The van der Waals surface area contributed by atoms with E-state index in [1.165, 1.54) is 7.11 Å². The molecule has 0 radical (unpaired) electrons. The van der Waals surface area contributed by atoms with Crippen LogP contribution in [0.4, 0.5) is 0 Å². The number of methoxy groups -OCH3 is 1. The normalized spacial score (nSPS) is 10.6. The predicted molar refractivity (Wildman–Crippen MR) is 114 cm³/mol. The first-order valence-electron chi connectivity index (χ1n) is 9.49. The van der Waals surface area contributed by atoms with Gasteiger partial charge in [-0.2, -0.15) is 4.98 Å². The van der Waals surface area contributed by atoms with E-state index < -0.39 is 0 Å². The first-order valence-corrected chi connectivity index (χ1v) is 9.87. The van der Waals surface area contributed by atoms with Crippen LogP contribution in [0, 0.1) is 18.8 Å². The number of benzene rings is 1. The molecule has 0 aliphatic rings. The SMILES string of the molecule is COc1cc(-c2nnc(C#Cc3nnc(-c4nc(C)no4)n3-c3ccccc3Cl)o2)ccn1. The lowest BCUT2D eigenvalue weighted by Crippen LogP contribution is -2.02. The van der Waals surface area contributed by atoms with Gasteiger partial charge in [-0.3, -0.25) is 4.57 Å². The fourth-order valence-electron chi connectivity index (χ4n) is 2.91. The number of para-hydroxylation sites is 1. The van der Waals surface area contributed by atoms with Gasteiger partial charge in [-0.1, -0.05) is 34.0 Å². The van der Waals surface area contributed by atoms with Crippen molar-refractivity contribution in [3.05, 3.63) is 65.2 Å². The lowest BCUT2D eigenvalue weighted by Gasteiger charge is -2.07. The number of rotatable bonds is 4. The molecule has 162 valence electrons. The van der Waals surface area contributed by atoms with Crippen LogP contribution in [0.2, 0.25) is 5.02 Å². The van der Waals surface area contributed by atoms with Crippen molar-refractivity contribution in [3.8, 4) is 46.6 Å². The van der Waals surface area contributed by atoms with Crippen molar-refractivity contribution in [1.29, 1.82) is 0 Å². The maximum Gasteiger partial charge on any atom is 0.296 e. The molecule has 4 aromatic heterocycles. The van der Waals surface area contributed by atoms with Crippen molar-refractivity contribution in [1.82, 2.24) is 40.1 Å². The van der Waals surface area contributed by atoms with Gasteiger partial charge in [0.25, 0.3) is 11.8 Å². The van der Waals surface area contributed by atoms with E-state index >= 15 is 0 Å². The predicted octanol–water partition coefficient (Wildman–Crippen LogP) is 3.13. The minimum absolute atomic E-state index is 0.0877. The second-order valence-corrected chi connectivity index (χ2v) is 6.94. The third-order valence-corrected chi connectivity index (χ3v) is 4.69. The van der Waals surface area contributed by atoms with Gasteiger partial charge in [-0.25, -0.2) is 4.98 Å². The van der Waals surface area contributed by atoms with Crippen LogP contribution in [0.15, 0.2) is 51.5 Å². The summed E-state index contributed by atoms with van der Waals surface area (Å²) in [5.41, 5.74) is 1.24. The number of aryl methyl sites for hydroxylation is 1. The molecule has 12 heteroatoms. The maximum absolute atomic E-state index is 6.42. The average molecular weight is 461 g/mol. The fraction of sp³-hybridized carbons (Fsp3) is 0.0952. The van der Waals surface area contributed by atoms with Gasteiger partial charge in [0.05, 0.1) is 17.8 Å². The highest BCUT2D eigenvalue weighted by atomic mass is 35.5. The van der Waals surface area contributed by atoms with E-state index in [9.17, 15) is 0 Å². The third kappa shape index (κ3) is 4.02. The molecule has 0 atom stereocenters. The zero-order valence-electron chi connectivity index (χ0n) is 17.2. The number of nitrogens with zero attached hydrogens (tertiary/aromatic N) is 8. The highest BCUT2D eigenvalue weighted by molar-refractivity contribution is 6.32. The minimum Gasteiger partial charge on any atom is -0.481 e. The number of halogens is 1. The third-order valence-electron chi connectivity index (χ3n) is 4.37. The molecule has 0 N–H and O–H groups in total. The quantitative estimate of drug-likeness (QED) is 0.368. The molecule has 0 unspecified atom stereocenters. The van der Waals surface area contributed by atoms with Crippen LogP contribution in [0.5, 0.6) is 5.88 Å². The highest BCUT2D eigenvalue weighted by Crippen LogP contribution is 2.27. The first-order chi connectivity index (χ1) is 16.1. The van der Waals surface area contributed by atoms with Gasteiger partial charge in [0.15, 0.2) is 5.82 Å². The van der Waals surface area contributed by atoms with E-state index in [1.807, 2.05) is 12.1 Å². The largest absolute Gasteiger partial charge is 0.481 e. The van der Waals surface area contributed by atoms with Crippen LogP contribution in [-0.4, -0.2) is 47.2 Å². The van der Waals surface area contributed by atoms with Crippen LogP contribution in [0.3, 0.4) is 0 Å². The number of pyridine rings is 1. The molecule has 4 heterocycles. The summed E-state index contributed by atoms with van der Waals surface area (Å²) in [4.78, 5) is 8.29. The summed E-state index contributed by atoms with van der Waals surface area (Å²) in [5, 5.41) is 20.6. The average Bonchev–Trinajstić information content (AvgIpc) is 3.57. The van der Waals surface area contributed by atoms with Crippen LogP contribution in [-0.2, 0) is 0 Å². The van der Waals surface area contributed by atoms with E-state index in [1.54, 1.807) is 42.0 Å². The lowest BCUT2D eigenvalue weighted by molar-refractivity contribution is 0.398. The number of hydrogen-bond acceptors (Lipinski definition) is 10. The smallest absolute Gasteiger partial charge is 0.296 e. The summed E-state index contributed by atoms with van der Waals surface area (Å²) in [6, 6.07) is 10.6. The standard InChI is InChI=1S/C21H13ClN8O3/c1-12-24-21(33-29-12)19-27-25-16(30(19)15-6-4-3-5-14(15)22)7-8-17-26-28-20(32-17)13-9-10-23-18(11-13)31-2/h3-6,9-11H,1-2H3. The molecular formula is C21H13ClN8O3. The Kier molecular flexibility index (Phi) is 5.26. The maximum atomic E-state index is 6.42. The zero-order chi connectivity index (χ0) is 22.8. The molecule has 11 nitrogen and oxygen atoms in total. The summed E-state index contributed by atoms with van der Waals surface area (Å²) in [6.45, 7) is 1.70. The number of aromatic nitrogens is 8. The van der Waals surface area contributed by atoms with Gasteiger partial charge < -0.3 is 13.7 Å². The van der Waals surface area contributed by atoms with Crippen LogP contribution >= 0.6 is 11.6 Å². The molecule has 5 aromatic rings. The van der Waals surface area contributed by atoms with Crippen molar-refractivity contribution in [2.75, 3.05) is 7.11 Å². The summed E-state index contributed by atoms with van der Waals surface area (Å²) < 4.78 is 17.7. The molecule has 0 saturated heterocycles.